The minimum Gasteiger partial charge on any atom is -0.382 e. The van der Waals surface area contributed by atoms with E-state index in [-0.39, 0.29) is 6.10 Å². The first kappa shape index (κ1) is 12.7. The highest BCUT2D eigenvalue weighted by atomic mass is 127. The van der Waals surface area contributed by atoms with Gasteiger partial charge in [-0.15, -0.1) is 0 Å². The summed E-state index contributed by atoms with van der Waals surface area (Å²) >= 11 is 2.48. The normalized spacial score (nSPS) is 29.4. The average Bonchev–Trinajstić information content (AvgIpc) is 2.59. The van der Waals surface area contributed by atoms with Gasteiger partial charge in [0.15, 0.2) is 0 Å². The Balaban J connectivity index is 2.17. The van der Waals surface area contributed by atoms with Crippen LogP contribution in [0.5, 0.6) is 0 Å². The lowest BCUT2D eigenvalue weighted by Gasteiger charge is -2.19. The SMILES string of the molecule is COCC(COC1CCCC1I)OC. The van der Waals surface area contributed by atoms with Crippen molar-refractivity contribution in [3.8, 4) is 0 Å². The van der Waals surface area contributed by atoms with Crippen LogP contribution in [-0.2, 0) is 14.2 Å². The van der Waals surface area contributed by atoms with Gasteiger partial charge < -0.3 is 14.2 Å². The first-order chi connectivity index (χ1) is 6.77. The summed E-state index contributed by atoms with van der Waals surface area (Å²) in [6, 6.07) is 0. The second-order valence-electron chi connectivity index (χ2n) is 3.63. The van der Waals surface area contributed by atoms with Gasteiger partial charge >= 0.3 is 0 Å². The van der Waals surface area contributed by atoms with Crippen LogP contribution in [0.3, 0.4) is 0 Å². The summed E-state index contributed by atoms with van der Waals surface area (Å²) in [6.07, 6.45) is 4.26. The van der Waals surface area contributed by atoms with Gasteiger partial charge in [0.1, 0.15) is 6.10 Å². The van der Waals surface area contributed by atoms with Crippen LogP contribution in [0.2, 0.25) is 0 Å². The van der Waals surface area contributed by atoms with E-state index in [1.807, 2.05) is 0 Å². The third-order valence-corrected chi connectivity index (χ3v) is 3.98. The van der Waals surface area contributed by atoms with E-state index in [9.17, 15) is 0 Å². The zero-order valence-corrected chi connectivity index (χ0v) is 11.0. The molecule has 4 heteroatoms. The van der Waals surface area contributed by atoms with Crippen LogP contribution in [-0.4, -0.2) is 43.6 Å². The molecular formula is C10H19IO3. The Bertz CT molecular complexity index is 154. The highest BCUT2D eigenvalue weighted by molar-refractivity contribution is 14.1. The quantitative estimate of drug-likeness (QED) is 0.554. The maximum atomic E-state index is 5.81. The van der Waals surface area contributed by atoms with Crippen LogP contribution in [0.25, 0.3) is 0 Å². The molecule has 0 bridgehead atoms. The van der Waals surface area contributed by atoms with Gasteiger partial charge in [-0.3, -0.25) is 0 Å². The highest BCUT2D eigenvalue weighted by Gasteiger charge is 2.26. The van der Waals surface area contributed by atoms with E-state index in [0.29, 0.717) is 23.2 Å². The molecule has 0 aromatic heterocycles. The molecule has 0 aromatic carbocycles. The Labute approximate surface area is 99.6 Å². The molecule has 0 saturated heterocycles. The predicted molar refractivity (Wildman–Crippen MR) is 64.1 cm³/mol. The standard InChI is InChI=1S/C10H19IO3/c1-12-6-8(13-2)7-14-10-5-3-4-9(10)11/h8-10H,3-7H2,1-2H3. The molecule has 0 N–H and O–H groups in total. The summed E-state index contributed by atoms with van der Waals surface area (Å²) in [5.74, 6) is 0. The van der Waals surface area contributed by atoms with E-state index in [1.54, 1.807) is 14.2 Å². The second kappa shape index (κ2) is 6.98. The van der Waals surface area contributed by atoms with E-state index in [1.165, 1.54) is 19.3 Å². The molecule has 1 rings (SSSR count). The van der Waals surface area contributed by atoms with Crippen LogP contribution < -0.4 is 0 Å². The Hall–Kier alpha value is 0.610. The van der Waals surface area contributed by atoms with Crippen molar-refractivity contribution in [2.45, 2.75) is 35.4 Å². The third-order valence-electron chi connectivity index (χ3n) is 2.55. The van der Waals surface area contributed by atoms with Crippen molar-refractivity contribution in [1.29, 1.82) is 0 Å². The minimum absolute atomic E-state index is 0.0733. The van der Waals surface area contributed by atoms with Crippen molar-refractivity contribution in [2.24, 2.45) is 0 Å². The van der Waals surface area contributed by atoms with Crippen LogP contribution >= 0.6 is 22.6 Å². The van der Waals surface area contributed by atoms with Gasteiger partial charge in [-0.25, -0.2) is 0 Å². The molecule has 1 aliphatic carbocycles. The van der Waals surface area contributed by atoms with Gasteiger partial charge in [0.05, 0.1) is 19.3 Å². The first-order valence-corrected chi connectivity index (χ1v) is 6.30. The molecule has 0 heterocycles. The highest BCUT2D eigenvalue weighted by Crippen LogP contribution is 2.28. The molecule has 14 heavy (non-hydrogen) atoms. The van der Waals surface area contributed by atoms with Gasteiger partial charge in [0.2, 0.25) is 0 Å². The second-order valence-corrected chi connectivity index (χ2v) is 5.23. The summed E-state index contributed by atoms with van der Waals surface area (Å²) in [5, 5.41) is 0. The summed E-state index contributed by atoms with van der Waals surface area (Å²) in [5.41, 5.74) is 0. The molecule has 3 nitrogen and oxygen atoms in total. The van der Waals surface area contributed by atoms with E-state index < -0.39 is 0 Å². The Morgan fingerprint density at radius 1 is 1.29 bits per heavy atom. The van der Waals surface area contributed by atoms with E-state index in [0.717, 1.165) is 0 Å². The number of hydrogen-bond acceptors (Lipinski definition) is 3. The van der Waals surface area contributed by atoms with Crippen molar-refractivity contribution >= 4 is 22.6 Å². The molecule has 3 unspecified atom stereocenters. The lowest BCUT2D eigenvalue weighted by molar-refractivity contribution is -0.0504. The molecule has 1 saturated carbocycles. The molecule has 1 fully saturated rings. The molecule has 0 aliphatic heterocycles. The smallest absolute Gasteiger partial charge is 0.104 e. The van der Waals surface area contributed by atoms with Gasteiger partial charge in [-0.1, -0.05) is 22.6 Å². The van der Waals surface area contributed by atoms with Gasteiger partial charge in [-0.2, -0.15) is 0 Å². The van der Waals surface area contributed by atoms with E-state index >= 15 is 0 Å². The summed E-state index contributed by atoms with van der Waals surface area (Å²) in [4.78, 5) is 0. The Kier molecular flexibility index (Phi) is 6.32. The Morgan fingerprint density at radius 2 is 2.07 bits per heavy atom. The summed E-state index contributed by atoms with van der Waals surface area (Å²) < 4.78 is 16.7. The number of alkyl halides is 1. The van der Waals surface area contributed by atoms with E-state index in [2.05, 4.69) is 22.6 Å². The monoisotopic (exact) mass is 314 g/mol. The lowest BCUT2D eigenvalue weighted by Crippen LogP contribution is -2.28. The van der Waals surface area contributed by atoms with Gasteiger partial charge in [0, 0.05) is 18.1 Å². The first-order valence-electron chi connectivity index (χ1n) is 5.05. The van der Waals surface area contributed by atoms with Crippen LogP contribution in [0.1, 0.15) is 19.3 Å². The number of halogens is 1. The number of hydrogen-bond donors (Lipinski definition) is 0. The maximum Gasteiger partial charge on any atom is 0.104 e. The summed E-state index contributed by atoms with van der Waals surface area (Å²) in [7, 11) is 3.38. The molecule has 0 amide bonds. The fourth-order valence-corrected chi connectivity index (χ4v) is 2.68. The predicted octanol–water partition coefficient (Wildman–Crippen LogP) is 2.02. The van der Waals surface area contributed by atoms with Crippen molar-refractivity contribution in [3.63, 3.8) is 0 Å². The molecular weight excluding hydrogens is 295 g/mol. The molecule has 0 aromatic rings. The van der Waals surface area contributed by atoms with Crippen LogP contribution in [0, 0.1) is 0 Å². The van der Waals surface area contributed by atoms with Crippen molar-refractivity contribution < 1.29 is 14.2 Å². The van der Waals surface area contributed by atoms with Gasteiger partial charge in [-0.05, 0) is 19.3 Å². The molecule has 0 spiro atoms. The number of ether oxygens (including phenoxy) is 3. The third kappa shape index (κ3) is 4.00. The summed E-state index contributed by atoms with van der Waals surface area (Å²) in [6.45, 7) is 1.25. The lowest BCUT2D eigenvalue weighted by atomic mass is 10.3. The van der Waals surface area contributed by atoms with Crippen LogP contribution in [0.4, 0.5) is 0 Å². The zero-order valence-electron chi connectivity index (χ0n) is 8.87. The van der Waals surface area contributed by atoms with Crippen molar-refractivity contribution in [3.05, 3.63) is 0 Å². The molecule has 84 valence electrons. The maximum absolute atomic E-state index is 5.81. The number of methoxy groups -OCH3 is 2. The molecule has 0 radical (unpaired) electrons. The number of rotatable bonds is 6. The van der Waals surface area contributed by atoms with Crippen LogP contribution in [0.15, 0.2) is 0 Å². The van der Waals surface area contributed by atoms with Crippen molar-refractivity contribution in [1.82, 2.24) is 0 Å². The topological polar surface area (TPSA) is 27.7 Å². The van der Waals surface area contributed by atoms with E-state index in [4.69, 9.17) is 14.2 Å². The molecule has 1 aliphatic rings. The fourth-order valence-electron chi connectivity index (χ4n) is 1.67. The fraction of sp³-hybridized carbons (Fsp3) is 1.00. The van der Waals surface area contributed by atoms with Crippen molar-refractivity contribution in [2.75, 3.05) is 27.4 Å². The molecule has 3 atom stereocenters. The zero-order chi connectivity index (χ0) is 10.4. The minimum atomic E-state index is 0.0733. The van der Waals surface area contributed by atoms with Gasteiger partial charge in [0.25, 0.3) is 0 Å². The average molecular weight is 314 g/mol. The Morgan fingerprint density at radius 3 is 2.57 bits per heavy atom. The largest absolute Gasteiger partial charge is 0.382 e.